The lowest BCUT2D eigenvalue weighted by Gasteiger charge is -2.33. The molecule has 0 amide bonds. The second-order valence-electron chi connectivity index (χ2n) is 5.68. The monoisotopic (exact) mass is 262 g/mol. The zero-order valence-electron chi connectivity index (χ0n) is 12.1. The Balaban J connectivity index is 2.07. The van der Waals surface area contributed by atoms with E-state index in [2.05, 4.69) is 24.0 Å². The lowest BCUT2D eigenvalue weighted by molar-refractivity contribution is 0.174. The molecule has 106 valence electrons. The highest BCUT2D eigenvalue weighted by molar-refractivity contribution is 5.36. The molecule has 1 aliphatic heterocycles. The Kier molecular flexibility index (Phi) is 5.23. The Morgan fingerprint density at radius 1 is 1.42 bits per heavy atom. The number of ether oxygens (including phenoxy) is 1. The average molecular weight is 262 g/mol. The van der Waals surface area contributed by atoms with Crippen molar-refractivity contribution in [1.29, 1.82) is 0 Å². The van der Waals surface area contributed by atoms with Gasteiger partial charge in [-0.3, -0.25) is 0 Å². The second-order valence-corrected chi connectivity index (χ2v) is 5.68. The van der Waals surface area contributed by atoms with Crippen molar-refractivity contribution in [2.45, 2.75) is 25.7 Å². The maximum absolute atomic E-state index is 6.00. The Morgan fingerprint density at radius 3 is 2.89 bits per heavy atom. The molecule has 2 N–H and O–H groups in total. The van der Waals surface area contributed by atoms with Gasteiger partial charge in [0.2, 0.25) is 0 Å². The van der Waals surface area contributed by atoms with E-state index in [-0.39, 0.29) is 0 Å². The summed E-state index contributed by atoms with van der Waals surface area (Å²) in [6.07, 6.45) is 2.67. The van der Waals surface area contributed by atoms with Gasteiger partial charge >= 0.3 is 0 Å². The summed E-state index contributed by atoms with van der Waals surface area (Å²) >= 11 is 0. The fourth-order valence-corrected chi connectivity index (χ4v) is 3.07. The molecule has 1 fully saturated rings. The molecule has 1 aliphatic rings. The van der Waals surface area contributed by atoms with Crippen LogP contribution in [0.4, 0.5) is 0 Å². The molecule has 3 heteroatoms. The van der Waals surface area contributed by atoms with E-state index in [4.69, 9.17) is 10.5 Å². The predicted octanol–water partition coefficient (Wildman–Crippen LogP) is 2.47. The molecule has 0 bridgehead atoms. The summed E-state index contributed by atoms with van der Waals surface area (Å²) in [5.41, 5.74) is 7.24. The zero-order chi connectivity index (χ0) is 13.7. The Morgan fingerprint density at radius 2 is 2.21 bits per heavy atom. The van der Waals surface area contributed by atoms with E-state index in [1.807, 2.05) is 12.1 Å². The van der Waals surface area contributed by atoms with Gasteiger partial charge in [0, 0.05) is 25.6 Å². The van der Waals surface area contributed by atoms with Gasteiger partial charge in [-0.25, -0.2) is 0 Å². The SMILES string of the molecule is COc1ccccc1C(CN)CN1CCCC(C)C1. The molecule has 0 spiro atoms. The van der Waals surface area contributed by atoms with Crippen molar-refractivity contribution in [3.63, 3.8) is 0 Å². The van der Waals surface area contributed by atoms with E-state index >= 15 is 0 Å². The van der Waals surface area contributed by atoms with Gasteiger partial charge in [0.05, 0.1) is 7.11 Å². The Hall–Kier alpha value is -1.06. The molecular weight excluding hydrogens is 236 g/mol. The average Bonchev–Trinajstić information content (AvgIpc) is 2.45. The molecule has 0 saturated carbocycles. The molecule has 0 aliphatic carbocycles. The first-order valence-electron chi connectivity index (χ1n) is 7.30. The summed E-state index contributed by atoms with van der Waals surface area (Å²) in [7, 11) is 1.73. The molecule has 2 atom stereocenters. The molecular formula is C16H26N2O. The predicted molar refractivity (Wildman–Crippen MR) is 79.6 cm³/mol. The first-order valence-corrected chi connectivity index (χ1v) is 7.30. The van der Waals surface area contributed by atoms with Crippen LogP contribution in [0.1, 0.15) is 31.2 Å². The van der Waals surface area contributed by atoms with Crippen LogP contribution in [0.25, 0.3) is 0 Å². The lowest BCUT2D eigenvalue weighted by Crippen LogP contribution is -2.38. The number of hydrogen-bond acceptors (Lipinski definition) is 3. The van der Waals surface area contributed by atoms with Crippen LogP contribution in [0.5, 0.6) is 5.75 Å². The molecule has 2 unspecified atom stereocenters. The number of hydrogen-bond donors (Lipinski definition) is 1. The third kappa shape index (κ3) is 3.71. The highest BCUT2D eigenvalue weighted by atomic mass is 16.5. The quantitative estimate of drug-likeness (QED) is 0.886. The molecule has 1 heterocycles. The Labute approximate surface area is 116 Å². The molecule has 0 aromatic heterocycles. The van der Waals surface area contributed by atoms with Gasteiger partial charge in [-0.2, -0.15) is 0 Å². The van der Waals surface area contributed by atoms with E-state index in [0.29, 0.717) is 12.5 Å². The van der Waals surface area contributed by atoms with Gasteiger partial charge in [0.1, 0.15) is 5.75 Å². The van der Waals surface area contributed by atoms with Crippen LogP contribution < -0.4 is 10.5 Å². The van der Waals surface area contributed by atoms with E-state index in [1.165, 1.54) is 31.5 Å². The van der Waals surface area contributed by atoms with Crippen molar-refractivity contribution in [2.24, 2.45) is 11.7 Å². The van der Waals surface area contributed by atoms with Crippen LogP contribution in [0.2, 0.25) is 0 Å². The lowest BCUT2D eigenvalue weighted by atomic mass is 9.94. The fraction of sp³-hybridized carbons (Fsp3) is 0.625. The van der Waals surface area contributed by atoms with Gasteiger partial charge in [0.15, 0.2) is 0 Å². The smallest absolute Gasteiger partial charge is 0.122 e. The number of nitrogens with two attached hydrogens (primary N) is 1. The van der Waals surface area contributed by atoms with Crippen molar-refractivity contribution in [2.75, 3.05) is 33.3 Å². The van der Waals surface area contributed by atoms with Crippen molar-refractivity contribution in [3.05, 3.63) is 29.8 Å². The summed E-state index contributed by atoms with van der Waals surface area (Å²) in [6, 6.07) is 8.25. The highest BCUT2D eigenvalue weighted by Crippen LogP contribution is 2.27. The van der Waals surface area contributed by atoms with Crippen LogP contribution in [-0.4, -0.2) is 38.2 Å². The minimum atomic E-state index is 0.362. The number of benzene rings is 1. The van der Waals surface area contributed by atoms with Crippen LogP contribution in [0, 0.1) is 5.92 Å². The van der Waals surface area contributed by atoms with Crippen LogP contribution in [0.3, 0.4) is 0 Å². The van der Waals surface area contributed by atoms with Gasteiger partial charge < -0.3 is 15.4 Å². The van der Waals surface area contributed by atoms with Crippen molar-refractivity contribution in [1.82, 2.24) is 4.90 Å². The minimum absolute atomic E-state index is 0.362. The summed E-state index contributed by atoms with van der Waals surface area (Å²) < 4.78 is 5.46. The number of piperidine rings is 1. The number of rotatable bonds is 5. The minimum Gasteiger partial charge on any atom is -0.496 e. The van der Waals surface area contributed by atoms with Crippen LogP contribution in [0.15, 0.2) is 24.3 Å². The Bertz CT molecular complexity index is 394. The first kappa shape index (κ1) is 14.4. The van der Waals surface area contributed by atoms with Gasteiger partial charge in [-0.1, -0.05) is 25.1 Å². The van der Waals surface area contributed by atoms with Crippen molar-refractivity contribution in [3.8, 4) is 5.75 Å². The van der Waals surface area contributed by atoms with E-state index in [1.54, 1.807) is 7.11 Å². The fourth-order valence-electron chi connectivity index (χ4n) is 3.07. The summed E-state index contributed by atoms with van der Waals surface area (Å²) in [4.78, 5) is 2.55. The van der Waals surface area contributed by atoms with E-state index < -0.39 is 0 Å². The summed E-state index contributed by atoms with van der Waals surface area (Å²) in [6.45, 7) is 6.46. The molecule has 1 saturated heterocycles. The number of nitrogens with zero attached hydrogens (tertiary/aromatic N) is 1. The van der Waals surface area contributed by atoms with Gasteiger partial charge in [0.25, 0.3) is 0 Å². The molecule has 19 heavy (non-hydrogen) atoms. The molecule has 0 radical (unpaired) electrons. The maximum Gasteiger partial charge on any atom is 0.122 e. The van der Waals surface area contributed by atoms with Crippen LogP contribution in [-0.2, 0) is 0 Å². The highest BCUT2D eigenvalue weighted by Gasteiger charge is 2.21. The first-order chi connectivity index (χ1) is 9.24. The topological polar surface area (TPSA) is 38.5 Å². The standard InChI is InChI=1S/C16H26N2O/c1-13-6-5-9-18(11-13)12-14(10-17)15-7-3-4-8-16(15)19-2/h3-4,7-8,13-14H,5-6,9-12,17H2,1-2H3. The molecule has 2 rings (SSSR count). The zero-order valence-corrected chi connectivity index (χ0v) is 12.1. The van der Waals surface area contributed by atoms with Crippen LogP contribution >= 0.6 is 0 Å². The van der Waals surface area contributed by atoms with E-state index in [9.17, 15) is 0 Å². The normalized spacial score (nSPS) is 22.2. The third-order valence-electron chi connectivity index (χ3n) is 4.08. The number of para-hydroxylation sites is 1. The summed E-state index contributed by atoms with van der Waals surface area (Å²) in [5, 5.41) is 0. The van der Waals surface area contributed by atoms with Gasteiger partial charge in [-0.05, 0) is 36.9 Å². The largest absolute Gasteiger partial charge is 0.496 e. The summed E-state index contributed by atoms with van der Waals surface area (Å²) in [5.74, 6) is 2.13. The molecule has 1 aromatic carbocycles. The second kappa shape index (κ2) is 6.92. The van der Waals surface area contributed by atoms with E-state index in [0.717, 1.165) is 18.2 Å². The maximum atomic E-state index is 6.00. The van der Waals surface area contributed by atoms with Gasteiger partial charge in [-0.15, -0.1) is 0 Å². The number of likely N-dealkylation sites (tertiary alicyclic amines) is 1. The van der Waals surface area contributed by atoms with Crippen molar-refractivity contribution < 1.29 is 4.74 Å². The number of methoxy groups -OCH3 is 1. The molecule has 1 aromatic rings. The molecule has 3 nitrogen and oxygen atoms in total. The van der Waals surface area contributed by atoms with Crippen molar-refractivity contribution >= 4 is 0 Å². The third-order valence-corrected chi connectivity index (χ3v) is 4.08.